The molecule has 1 saturated heterocycles. The monoisotopic (exact) mass is 472 g/mol. The molecule has 4 aromatic rings. The molecule has 2 aromatic heterocycles. The van der Waals surface area contributed by atoms with Crippen LogP contribution in [0.2, 0.25) is 0 Å². The molecule has 8 heteroatoms. The lowest BCUT2D eigenvalue weighted by molar-refractivity contribution is 0.0764. The molecule has 5 rings (SSSR count). The molecule has 1 aliphatic heterocycles. The topological polar surface area (TPSA) is 98.3 Å². The molecule has 0 saturated carbocycles. The molecule has 172 valence electrons. The van der Waals surface area contributed by atoms with E-state index in [-0.39, 0.29) is 11.8 Å². The number of H-pyrrole nitrogens is 1. The van der Waals surface area contributed by atoms with E-state index in [9.17, 15) is 14.7 Å². The zero-order chi connectivity index (χ0) is 23.7. The number of fused-ring (bicyclic) bond motifs is 1. The van der Waals surface area contributed by atoms with Gasteiger partial charge in [0.1, 0.15) is 0 Å². The van der Waals surface area contributed by atoms with E-state index in [1.54, 1.807) is 17.0 Å². The van der Waals surface area contributed by atoms with Crippen LogP contribution in [0.25, 0.3) is 23.1 Å². The number of thiophene rings is 1. The van der Waals surface area contributed by atoms with E-state index < -0.39 is 6.10 Å². The molecule has 1 aliphatic rings. The third kappa shape index (κ3) is 4.37. The summed E-state index contributed by atoms with van der Waals surface area (Å²) in [4.78, 5) is 28.2. The molecule has 1 fully saturated rings. The molecule has 0 spiro atoms. The number of amides is 2. The van der Waals surface area contributed by atoms with Gasteiger partial charge in [0.25, 0.3) is 11.8 Å². The first-order chi connectivity index (χ1) is 16.5. The lowest BCUT2D eigenvalue weighted by Crippen LogP contribution is -2.29. The number of carbonyl (C=O) groups is 2. The van der Waals surface area contributed by atoms with Crippen LogP contribution >= 0.6 is 11.3 Å². The number of aromatic amines is 1. The second kappa shape index (κ2) is 9.24. The van der Waals surface area contributed by atoms with Crippen molar-refractivity contribution < 1.29 is 14.7 Å². The Morgan fingerprint density at radius 1 is 1.21 bits per heavy atom. The zero-order valence-corrected chi connectivity index (χ0v) is 19.4. The number of benzene rings is 2. The molecular formula is C26H24N4O3S. The molecule has 2 amide bonds. The van der Waals surface area contributed by atoms with Crippen LogP contribution in [0.4, 0.5) is 5.69 Å². The summed E-state index contributed by atoms with van der Waals surface area (Å²) in [7, 11) is 0. The lowest BCUT2D eigenvalue weighted by Gasteiger charge is -2.17. The normalized spacial score (nSPS) is 15.9. The van der Waals surface area contributed by atoms with Gasteiger partial charge in [0.2, 0.25) is 0 Å². The van der Waals surface area contributed by atoms with Crippen LogP contribution in [0, 0.1) is 6.92 Å². The minimum absolute atomic E-state index is 0.159. The molecule has 1 atom stereocenters. The Morgan fingerprint density at radius 2 is 2.06 bits per heavy atom. The molecule has 0 bridgehead atoms. The van der Waals surface area contributed by atoms with Crippen molar-refractivity contribution in [3.8, 4) is 0 Å². The Bertz CT molecular complexity index is 1400. The van der Waals surface area contributed by atoms with E-state index in [4.69, 9.17) is 0 Å². The summed E-state index contributed by atoms with van der Waals surface area (Å²) < 4.78 is 0. The number of β-amino-alcohol motifs (C(OH)–C–C–N with tert-alkyl or cyclic N) is 1. The number of carbonyl (C=O) groups excluding carboxylic acids is 2. The Labute approximate surface area is 200 Å². The average Bonchev–Trinajstić information content (AvgIpc) is 3.57. The van der Waals surface area contributed by atoms with Gasteiger partial charge in [-0.05, 0) is 60.2 Å². The number of aliphatic hydroxyl groups is 1. The fraction of sp³-hybridized carbons (Fsp3) is 0.192. The predicted octanol–water partition coefficient (Wildman–Crippen LogP) is 4.56. The number of para-hydroxylation sites is 1. The number of aromatic nitrogens is 2. The third-order valence-corrected chi connectivity index (χ3v) is 7.00. The van der Waals surface area contributed by atoms with E-state index in [2.05, 4.69) is 15.5 Å². The van der Waals surface area contributed by atoms with E-state index in [1.807, 2.05) is 60.9 Å². The maximum Gasteiger partial charge on any atom is 0.266 e. The smallest absolute Gasteiger partial charge is 0.266 e. The highest BCUT2D eigenvalue weighted by Gasteiger charge is 2.26. The fourth-order valence-corrected chi connectivity index (χ4v) is 4.94. The first kappa shape index (κ1) is 22.1. The van der Waals surface area contributed by atoms with E-state index in [0.717, 1.165) is 27.7 Å². The number of likely N-dealkylation sites (tertiary alicyclic amines) is 1. The van der Waals surface area contributed by atoms with Gasteiger partial charge in [0.15, 0.2) is 0 Å². The third-order valence-electron chi connectivity index (χ3n) is 5.99. The van der Waals surface area contributed by atoms with Gasteiger partial charge in [0, 0.05) is 29.7 Å². The second-order valence-electron chi connectivity index (χ2n) is 8.37. The SMILES string of the molecule is Cc1ccsc1C(=O)Nc1cc(C(=O)N2CC[C@@H](O)C2)ccc1C=Cc1n[nH]c2ccccc12. The van der Waals surface area contributed by atoms with Crippen molar-refractivity contribution >= 4 is 51.9 Å². The summed E-state index contributed by atoms with van der Waals surface area (Å²) in [6.45, 7) is 2.74. The molecule has 3 N–H and O–H groups in total. The highest BCUT2D eigenvalue weighted by atomic mass is 32.1. The second-order valence-corrected chi connectivity index (χ2v) is 9.29. The molecule has 7 nitrogen and oxygen atoms in total. The van der Waals surface area contributed by atoms with Crippen molar-refractivity contribution in [3.63, 3.8) is 0 Å². The van der Waals surface area contributed by atoms with Crippen molar-refractivity contribution in [3.05, 3.63) is 81.2 Å². The standard InChI is InChI=1S/C26H24N4O3S/c1-16-11-13-34-24(16)25(32)27-23-14-18(26(33)30-12-10-19(31)15-30)7-6-17(23)8-9-22-20-4-2-3-5-21(20)28-29-22/h2-9,11,13-14,19,31H,10,12,15H2,1H3,(H,27,32)(H,28,29)/t19-/m1/s1. The van der Waals surface area contributed by atoms with Crippen molar-refractivity contribution in [1.82, 2.24) is 15.1 Å². The van der Waals surface area contributed by atoms with Crippen LogP contribution in [0.3, 0.4) is 0 Å². The minimum Gasteiger partial charge on any atom is -0.391 e. The first-order valence-corrected chi connectivity index (χ1v) is 12.0. The maximum atomic E-state index is 13.0. The fourth-order valence-electron chi connectivity index (χ4n) is 4.12. The van der Waals surface area contributed by atoms with Crippen LogP contribution in [-0.2, 0) is 0 Å². The molecular weight excluding hydrogens is 448 g/mol. The number of aryl methyl sites for hydroxylation is 1. The molecule has 0 aliphatic carbocycles. The quantitative estimate of drug-likeness (QED) is 0.397. The van der Waals surface area contributed by atoms with Crippen LogP contribution in [-0.4, -0.2) is 51.2 Å². The Hall–Kier alpha value is -3.75. The van der Waals surface area contributed by atoms with E-state index in [0.29, 0.717) is 35.6 Å². The Balaban J connectivity index is 1.48. The van der Waals surface area contributed by atoms with Crippen molar-refractivity contribution in [1.29, 1.82) is 0 Å². The number of nitrogens with one attached hydrogen (secondary N) is 2. The van der Waals surface area contributed by atoms with Gasteiger partial charge in [-0.3, -0.25) is 14.7 Å². The largest absolute Gasteiger partial charge is 0.391 e. The summed E-state index contributed by atoms with van der Waals surface area (Å²) in [5.74, 6) is -0.373. The lowest BCUT2D eigenvalue weighted by atomic mass is 10.1. The number of anilines is 1. The summed E-state index contributed by atoms with van der Waals surface area (Å²) in [5, 5.41) is 23.1. The van der Waals surface area contributed by atoms with Gasteiger partial charge >= 0.3 is 0 Å². The Morgan fingerprint density at radius 3 is 2.82 bits per heavy atom. The van der Waals surface area contributed by atoms with Crippen LogP contribution in [0.1, 0.15) is 43.3 Å². The number of hydrogen-bond donors (Lipinski definition) is 3. The predicted molar refractivity (Wildman–Crippen MR) is 135 cm³/mol. The maximum absolute atomic E-state index is 13.0. The summed E-state index contributed by atoms with van der Waals surface area (Å²) in [6.07, 6.45) is 3.85. The summed E-state index contributed by atoms with van der Waals surface area (Å²) in [5.41, 5.74) is 4.40. The van der Waals surface area contributed by atoms with Gasteiger partial charge in [-0.15, -0.1) is 11.3 Å². The Kier molecular flexibility index (Phi) is 6.00. The highest BCUT2D eigenvalue weighted by molar-refractivity contribution is 7.12. The van der Waals surface area contributed by atoms with Gasteiger partial charge in [-0.1, -0.05) is 30.3 Å². The van der Waals surface area contributed by atoms with E-state index in [1.165, 1.54) is 11.3 Å². The molecule has 0 radical (unpaired) electrons. The van der Waals surface area contributed by atoms with Crippen LogP contribution in [0.15, 0.2) is 53.9 Å². The van der Waals surface area contributed by atoms with Gasteiger partial charge < -0.3 is 15.3 Å². The van der Waals surface area contributed by atoms with Gasteiger partial charge in [-0.2, -0.15) is 5.10 Å². The number of nitrogens with zero attached hydrogens (tertiary/aromatic N) is 2. The first-order valence-electron chi connectivity index (χ1n) is 11.1. The van der Waals surface area contributed by atoms with Gasteiger partial charge in [-0.25, -0.2) is 0 Å². The average molecular weight is 473 g/mol. The van der Waals surface area contributed by atoms with Crippen LogP contribution < -0.4 is 5.32 Å². The van der Waals surface area contributed by atoms with Gasteiger partial charge in [0.05, 0.1) is 22.2 Å². The molecule has 3 heterocycles. The molecule has 0 unspecified atom stereocenters. The number of hydrogen-bond acceptors (Lipinski definition) is 5. The van der Waals surface area contributed by atoms with Crippen molar-refractivity contribution in [2.45, 2.75) is 19.4 Å². The molecule has 2 aromatic carbocycles. The highest BCUT2D eigenvalue weighted by Crippen LogP contribution is 2.26. The number of rotatable bonds is 5. The number of aliphatic hydroxyl groups excluding tert-OH is 1. The summed E-state index contributed by atoms with van der Waals surface area (Å²) in [6, 6.07) is 15.0. The molecule has 34 heavy (non-hydrogen) atoms. The van der Waals surface area contributed by atoms with Crippen LogP contribution in [0.5, 0.6) is 0 Å². The van der Waals surface area contributed by atoms with Crippen molar-refractivity contribution in [2.75, 3.05) is 18.4 Å². The summed E-state index contributed by atoms with van der Waals surface area (Å²) >= 11 is 1.38. The minimum atomic E-state index is -0.490. The van der Waals surface area contributed by atoms with Crippen molar-refractivity contribution in [2.24, 2.45) is 0 Å². The van der Waals surface area contributed by atoms with E-state index >= 15 is 0 Å². The zero-order valence-electron chi connectivity index (χ0n) is 18.6.